The first-order valence-electron chi connectivity index (χ1n) is 6.18. The van der Waals surface area contributed by atoms with Crippen molar-refractivity contribution in [2.75, 3.05) is 0 Å². The third-order valence-corrected chi connectivity index (χ3v) is 3.66. The van der Waals surface area contributed by atoms with Gasteiger partial charge in [-0.25, -0.2) is 0 Å². The van der Waals surface area contributed by atoms with Crippen molar-refractivity contribution in [2.24, 2.45) is 10.9 Å². The van der Waals surface area contributed by atoms with E-state index in [-0.39, 0.29) is 25.2 Å². The lowest BCUT2D eigenvalue weighted by molar-refractivity contribution is -0.166. The van der Waals surface area contributed by atoms with E-state index in [2.05, 4.69) is 10.5 Å². The highest BCUT2D eigenvalue weighted by Gasteiger charge is 2.62. The van der Waals surface area contributed by atoms with E-state index in [1.807, 2.05) is 0 Å². The molecule has 1 fully saturated rings. The topological polar surface area (TPSA) is 70.6 Å². The highest BCUT2D eigenvalue weighted by atomic mass is 19.4. The number of hydrogen-bond acceptors (Lipinski definition) is 3. The van der Waals surface area contributed by atoms with Gasteiger partial charge in [-0.1, -0.05) is 17.3 Å². The number of halogens is 3. The van der Waals surface area contributed by atoms with Crippen LogP contribution in [0.15, 0.2) is 23.4 Å². The van der Waals surface area contributed by atoms with E-state index in [0.29, 0.717) is 5.56 Å². The number of nitrogens with one attached hydrogen (secondary N) is 1. The number of nitrogens with two attached hydrogens (primary N) is 1. The second kappa shape index (κ2) is 4.97. The second-order valence-corrected chi connectivity index (χ2v) is 5.06. The van der Waals surface area contributed by atoms with Crippen molar-refractivity contribution in [1.29, 1.82) is 0 Å². The quantitative estimate of drug-likeness (QED) is 0.344. The Bertz CT molecular complexity index is 536. The molecule has 4 N–H and O–H groups in total. The van der Waals surface area contributed by atoms with Gasteiger partial charge >= 0.3 is 6.18 Å². The minimum atomic E-state index is -4.21. The smallest absolute Gasteiger partial charge is 0.406 e. The second-order valence-electron chi connectivity index (χ2n) is 5.06. The predicted octanol–water partition coefficient (Wildman–Crippen LogP) is 2.27. The maximum Gasteiger partial charge on any atom is 0.406 e. The predicted molar refractivity (Wildman–Crippen MR) is 68.5 cm³/mol. The highest BCUT2D eigenvalue weighted by molar-refractivity contribution is 5.97. The van der Waals surface area contributed by atoms with E-state index < -0.39 is 11.7 Å². The van der Waals surface area contributed by atoms with Gasteiger partial charge in [-0.15, -0.1) is 0 Å². The number of hydrogen-bond donors (Lipinski definition) is 3. The van der Waals surface area contributed by atoms with E-state index in [9.17, 15) is 13.2 Å². The maximum atomic E-state index is 12.8. The molecule has 0 aromatic heterocycles. The standard InChI is InChI=1S/C13H16F3N3O/c1-8-6-9(11(17)19-20)2-3-10(8)7-18-12(4-5-12)13(14,15)16/h2-3,6,18,20H,4-5,7H2,1H3,(H2,17,19). The molecule has 0 saturated heterocycles. The van der Waals surface area contributed by atoms with Crippen LogP contribution in [0, 0.1) is 6.92 Å². The van der Waals surface area contributed by atoms with E-state index in [1.165, 1.54) is 0 Å². The largest absolute Gasteiger partial charge is 0.409 e. The van der Waals surface area contributed by atoms with Crippen LogP contribution in [0.4, 0.5) is 13.2 Å². The van der Waals surface area contributed by atoms with Crippen molar-refractivity contribution in [1.82, 2.24) is 5.32 Å². The van der Waals surface area contributed by atoms with Crippen molar-refractivity contribution < 1.29 is 18.4 Å². The molecule has 0 heterocycles. The molecule has 1 aromatic carbocycles. The van der Waals surface area contributed by atoms with Gasteiger partial charge in [0.25, 0.3) is 0 Å². The molecule has 0 radical (unpaired) electrons. The Kier molecular flexibility index (Phi) is 3.64. The van der Waals surface area contributed by atoms with Crippen LogP contribution < -0.4 is 11.1 Å². The number of oxime groups is 1. The SMILES string of the molecule is Cc1cc(/C(N)=N/O)ccc1CNC1(C(F)(F)F)CC1. The van der Waals surface area contributed by atoms with Crippen molar-refractivity contribution in [2.45, 2.75) is 38.0 Å². The van der Waals surface area contributed by atoms with E-state index in [4.69, 9.17) is 10.9 Å². The molecule has 0 unspecified atom stereocenters. The highest BCUT2D eigenvalue weighted by Crippen LogP contribution is 2.49. The lowest BCUT2D eigenvalue weighted by Gasteiger charge is -2.21. The molecule has 2 rings (SSSR count). The number of nitrogens with zero attached hydrogens (tertiary/aromatic N) is 1. The summed E-state index contributed by atoms with van der Waals surface area (Å²) >= 11 is 0. The maximum absolute atomic E-state index is 12.8. The van der Waals surface area contributed by atoms with E-state index in [1.54, 1.807) is 25.1 Å². The van der Waals surface area contributed by atoms with Gasteiger partial charge in [-0.2, -0.15) is 13.2 Å². The van der Waals surface area contributed by atoms with Gasteiger partial charge in [0.15, 0.2) is 5.84 Å². The molecule has 0 amide bonds. The summed E-state index contributed by atoms with van der Waals surface area (Å²) in [5, 5.41) is 14.1. The van der Waals surface area contributed by atoms with Gasteiger partial charge in [0.1, 0.15) is 5.54 Å². The van der Waals surface area contributed by atoms with Gasteiger partial charge in [0, 0.05) is 12.1 Å². The van der Waals surface area contributed by atoms with Crippen LogP contribution in [0.3, 0.4) is 0 Å². The minimum absolute atomic E-state index is 0.0263. The first-order chi connectivity index (χ1) is 9.29. The Hall–Kier alpha value is -1.76. The number of aryl methyl sites for hydroxylation is 1. The van der Waals surface area contributed by atoms with Crippen LogP contribution in [-0.2, 0) is 6.54 Å². The van der Waals surface area contributed by atoms with Gasteiger partial charge in [-0.05, 0) is 37.0 Å². The van der Waals surface area contributed by atoms with E-state index >= 15 is 0 Å². The Labute approximate surface area is 114 Å². The summed E-state index contributed by atoms with van der Waals surface area (Å²) in [5.74, 6) is -0.0263. The van der Waals surface area contributed by atoms with Gasteiger partial charge in [0.2, 0.25) is 0 Å². The molecule has 1 aliphatic rings. The lowest BCUT2D eigenvalue weighted by Crippen LogP contribution is -2.44. The Morgan fingerprint density at radius 1 is 1.45 bits per heavy atom. The van der Waals surface area contributed by atoms with Crippen LogP contribution in [0.25, 0.3) is 0 Å². The van der Waals surface area contributed by atoms with Crippen molar-refractivity contribution in [3.05, 3.63) is 34.9 Å². The fourth-order valence-corrected chi connectivity index (χ4v) is 2.06. The molecule has 20 heavy (non-hydrogen) atoms. The van der Waals surface area contributed by atoms with Gasteiger partial charge in [-0.3, -0.25) is 5.32 Å². The summed E-state index contributed by atoms with van der Waals surface area (Å²) < 4.78 is 38.4. The minimum Gasteiger partial charge on any atom is -0.409 e. The molecule has 1 aliphatic carbocycles. The van der Waals surface area contributed by atoms with Crippen LogP contribution >= 0.6 is 0 Å². The fraction of sp³-hybridized carbons (Fsp3) is 0.462. The number of alkyl halides is 3. The van der Waals surface area contributed by atoms with Crippen LogP contribution in [-0.4, -0.2) is 22.8 Å². The molecule has 110 valence electrons. The van der Waals surface area contributed by atoms with Gasteiger partial charge in [0.05, 0.1) is 0 Å². The zero-order chi connectivity index (χ0) is 15.0. The van der Waals surface area contributed by atoms with Crippen molar-refractivity contribution in [3.63, 3.8) is 0 Å². The zero-order valence-electron chi connectivity index (χ0n) is 11.0. The molecule has 4 nitrogen and oxygen atoms in total. The summed E-state index contributed by atoms with van der Waals surface area (Å²) in [4.78, 5) is 0. The molecular weight excluding hydrogens is 271 g/mol. The summed E-state index contributed by atoms with van der Waals surface area (Å²) in [5.41, 5.74) is 5.82. The number of rotatable bonds is 4. The molecule has 7 heteroatoms. The number of amidine groups is 1. The monoisotopic (exact) mass is 287 g/mol. The van der Waals surface area contributed by atoms with Crippen molar-refractivity contribution >= 4 is 5.84 Å². The average Bonchev–Trinajstić information content (AvgIpc) is 3.17. The molecule has 0 spiro atoms. The number of benzene rings is 1. The Morgan fingerprint density at radius 3 is 2.55 bits per heavy atom. The lowest BCUT2D eigenvalue weighted by atomic mass is 10.0. The Morgan fingerprint density at radius 2 is 2.10 bits per heavy atom. The van der Waals surface area contributed by atoms with E-state index in [0.717, 1.165) is 11.1 Å². The molecule has 1 saturated carbocycles. The first-order valence-corrected chi connectivity index (χ1v) is 6.18. The van der Waals surface area contributed by atoms with Crippen LogP contribution in [0.1, 0.15) is 29.5 Å². The summed E-state index contributed by atoms with van der Waals surface area (Å²) in [7, 11) is 0. The Balaban J connectivity index is 2.08. The summed E-state index contributed by atoms with van der Waals surface area (Å²) in [6.07, 6.45) is -3.97. The summed E-state index contributed by atoms with van der Waals surface area (Å²) in [6.45, 7) is 1.92. The molecule has 0 bridgehead atoms. The normalized spacial score (nSPS) is 18.1. The fourth-order valence-electron chi connectivity index (χ4n) is 2.06. The third-order valence-electron chi connectivity index (χ3n) is 3.66. The average molecular weight is 287 g/mol. The molecule has 0 atom stereocenters. The zero-order valence-corrected chi connectivity index (χ0v) is 11.0. The molecule has 0 aliphatic heterocycles. The third kappa shape index (κ3) is 2.72. The summed E-state index contributed by atoms with van der Waals surface area (Å²) in [6, 6.07) is 4.98. The molecule has 1 aromatic rings. The first kappa shape index (κ1) is 14.6. The van der Waals surface area contributed by atoms with Gasteiger partial charge < -0.3 is 10.9 Å². The van der Waals surface area contributed by atoms with Crippen molar-refractivity contribution in [3.8, 4) is 0 Å². The molecular formula is C13H16F3N3O. The van der Waals surface area contributed by atoms with Crippen LogP contribution in [0.5, 0.6) is 0 Å². The van der Waals surface area contributed by atoms with Crippen LogP contribution in [0.2, 0.25) is 0 Å².